The number of aliphatic carboxylic acids is 3. The highest BCUT2D eigenvalue weighted by Gasteiger charge is 2.40. The monoisotopic (exact) mass is 548 g/mol. The van der Waals surface area contributed by atoms with Crippen LogP contribution >= 0.6 is 0 Å². The van der Waals surface area contributed by atoms with Gasteiger partial charge < -0.3 is 20.4 Å². The maximum Gasteiger partial charge on any atom is 0.336 e. The summed E-state index contributed by atoms with van der Waals surface area (Å²) in [6, 6.07) is 21.6. The number of aliphatic hydroxyl groups is 1. The number of benzene rings is 2. The second kappa shape index (κ2) is 17.3. The third-order valence-corrected chi connectivity index (χ3v) is 7.53. The fourth-order valence-electron chi connectivity index (χ4n) is 4.64. The first kappa shape index (κ1) is 35.7. The Hall–Kier alpha value is -3.27. The molecule has 2 aromatic rings. The van der Waals surface area contributed by atoms with E-state index in [9.17, 15) is 14.4 Å². The highest BCUT2D eigenvalue weighted by atomic mass is 16.4. The van der Waals surface area contributed by atoms with E-state index in [1.807, 2.05) is 0 Å². The van der Waals surface area contributed by atoms with Crippen LogP contribution in [0.1, 0.15) is 54.4 Å². The summed E-state index contributed by atoms with van der Waals surface area (Å²) in [5.74, 6) is -5.02. The van der Waals surface area contributed by atoms with E-state index >= 15 is 0 Å². The van der Waals surface area contributed by atoms with Gasteiger partial charge >= 0.3 is 17.9 Å². The van der Waals surface area contributed by atoms with Gasteiger partial charge in [-0.3, -0.25) is 18.6 Å². The molecule has 0 amide bonds. The van der Waals surface area contributed by atoms with Crippen LogP contribution in [0, 0.1) is 0 Å². The van der Waals surface area contributed by atoms with Crippen molar-refractivity contribution >= 4 is 29.3 Å². The van der Waals surface area contributed by atoms with Gasteiger partial charge in [0, 0.05) is 0 Å². The lowest BCUT2D eigenvalue weighted by Crippen LogP contribution is -2.48. The van der Waals surface area contributed by atoms with E-state index in [4.69, 9.17) is 20.4 Å². The molecule has 0 radical (unpaired) electrons. The van der Waals surface area contributed by atoms with Crippen molar-refractivity contribution in [3.8, 4) is 0 Å². The van der Waals surface area contributed by atoms with Crippen molar-refractivity contribution in [1.82, 2.24) is 8.97 Å². The summed E-state index contributed by atoms with van der Waals surface area (Å²) >= 11 is 0. The van der Waals surface area contributed by atoms with Crippen molar-refractivity contribution in [3.63, 3.8) is 0 Å². The van der Waals surface area contributed by atoms with Gasteiger partial charge in [-0.15, -0.1) is 0 Å². The molecule has 0 fully saturated rings. The number of rotatable bonds is 13. The Labute approximate surface area is 233 Å². The first-order chi connectivity index (χ1) is 18.4. The second-order valence-corrected chi connectivity index (χ2v) is 9.34. The first-order valence-corrected chi connectivity index (χ1v) is 13.6. The van der Waals surface area contributed by atoms with Crippen molar-refractivity contribution in [2.75, 3.05) is 39.3 Å². The van der Waals surface area contributed by atoms with Crippen molar-refractivity contribution in [2.45, 2.75) is 60.0 Å². The number of quaternary nitrogens is 2. The molecule has 0 aliphatic heterocycles. The van der Waals surface area contributed by atoms with Gasteiger partial charge in [-0.1, -0.05) is 36.4 Å². The molecule has 0 saturated carbocycles. The van der Waals surface area contributed by atoms with E-state index in [0.29, 0.717) is 0 Å². The average Bonchev–Trinajstić information content (AvgIpc) is 2.92. The smallest absolute Gasteiger partial charge is 0.336 e. The molecular formula is C30H48N2O7+2. The van der Waals surface area contributed by atoms with E-state index < -0.39 is 36.4 Å². The Morgan fingerprint density at radius 3 is 1.00 bits per heavy atom. The van der Waals surface area contributed by atoms with Gasteiger partial charge in [0.15, 0.2) is 5.60 Å². The molecule has 0 saturated heterocycles. The zero-order valence-corrected chi connectivity index (χ0v) is 24.3. The number of carboxylic acids is 3. The van der Waals surface area contributed by atoms with E-state index in [-0.39, 0.29) is 0 Å². The molecule has 0 spiro atoms. The number of nitrogens with zero attached hydrogens (tertiary/aromatic N) is 2. The molecular weight excluding hydrogens is 500 g/mol. The molecule has 9 heteroatoms. The van der Waals surface area contributed by atoms with Crippen molar-refractivity contribution in [2.24, 2.45) is 0 Å². The van der Waals surface area contributed by atoms with Gasteiger partial charge in [0.05, 0.1) is 52.1 Å². The molecule has 39 heavy (non-hydrogen) atoms. The molecule has 0 aromatic heterocycles. The highest BCUT2D eigenvalue weighted by Crippen LogP contribution is 2.22. The van der Waals surface area contributed by atoms with Crippen LogP contribution in [0.5, 0.6) is 0 Å². The third kappa shape index (κ3) is 10.8. The fraction of sp³-hybridized carbons (Fsp3) is 0.500. The molecule has 218 valence electrons. The Morgan fingerprint density at radius 1 is 0.564 bits per heavy atom. The number of hydrogen-bond donors (Lipinski definition) is 4. The van der Waals surface area contributed by atoms with E-state index in [1.165, 1.54) is 50.6 Å². The van der Waals surface area contributed by atoms with Crippen LogP contribution in [0.25, 0.3) is 0 Å². The quantitative estimate of drug-likeness (QED) is 0.263. The normalized spacial score (nSPS) is 11.4. The average molecular weight is 549 g/mol. The third-order valence-electron chi connectivity index (χ3n) is 7.53. The number of carboxylic acid groups (broad SMARTS) is 3. The lowest BCUT2D eigenvalue weighted by Gasteiger charge is -2.35. The second-order valence-electron chi connectivity index (χ2n) is 9.34. The van der Waals surface area contributed by atoms with Gasteiger partial charge in [0.2, 0.25) is 0 Å². The van der Waals surface area contributed by atoms with Crippen molar-refractivity contribution in [1.29, 1.82) is 0 Å². The molecule has 0 aliphatic carbocycles. The van der Waals surface area contributed by atoms with E-state index in [1.54, 1.807) is 0 Å². The van der Waals surface area contributed by atoms with Crippen molar-refractivity contribution in [3.05, 3.63) is 60.7 Å². The van der Waals surface area contributed by atoms with Crippen LogP contribution in [0.15, 0.2) is 60.7 Å². The maximum atomic E-state index is 10.3. The number of carbonyl (C=O) groups is 3. The van der Waals surface area contributed by atoms with E-state index in [2.05, 4.69) is 102 Å². The summed E-state index contributed by atoms with van der Waals surface area (Å²) in [7, 11) is 0. The summed E-state index contributed by atoms with van der Waals surface area (Å²) in [6.07, 6.45) is -2.29. The van der Waals surface area contributed by atoms with E-state index in [0.717, 1.165) is 8.97 Å². The van der Waals surface area contributed by atoms with Crippen LogP contribution in [-0.4, -0.2) is 83.2 Å². The highest BCUT2D eigenvalue weighted by molar-refractivity contribution is 5.88. The van der Waals surface area contributed by atoms with Gasteiger partial charge in [-0.25, -0.2) is 4.79 Å². The Kier molecular flexibility index (Phi) is 15.9. The Bertz CT molecular complexity index is 901. The fourth-order valence-corrected chi connectivity index (χ4v) is 4.64. The molecule has 4 N–H and O–H groups in total. The minimum Gasteiger partial charge on any atom is -0.481 e. The van der Waals surface area contributed by atoms with Crippen LogP contribution in [0.2, 0.25) is 0 Å². The first-order valence-electron chi connectivity index (χ1n) is 13.6. The lowest BCUT2D eigenvalue weighted by atomic mass is 9.96. The van der Waals surface area contributed by atoms with Gasteiger partial charge in [0.25, 0.3) is 0 Å². The topological polar surface area (TPSA) is 132 Å². The van der Waals surface area contributed by atoms with Gasteiger partial charge in [-0.2, -0.15) is 0 Å². The Morgan fingerprint density at radius 2 is 0.821 bits per heavy atom. The number of hydrogen-bond acceptors (Lipinski definition) is 4. The van der Waals surface area contributed by atoms with Crippen LogP contribution in [0.3, 0.4) is 0 Å². The molecule has 9 nitrogen and oxygen atoms in total. The number of para-hydroxylation sites is 2. The van der Waals surface area contributed by atoms with Crippen LogP contribution < -0.4 is 8.97 Å². The molecule has 2 rings (SSSR count). The molecule has 0 unspecified atom stereocenters. The molecule has 0 aliphatic rings. The summed E-state index contributed by atoms with van der Waals surface area (Å²) in [4.78, 5) is 30.5. The predicted molar refractivity (Wildman–Crippen MR) is 157 cm³/mol. The summed E-state index contributed by atoms with van der Waals surface area (Å²) in [5.41, 5.74) is 0.141. The molecule has 0 heterocycles. The zero-order chi connectivity index (χ0) is 30.1. The standard InChI is InChI=1S/2C12H20N.C6H8O7/c2*1-4-13(5-2,6-3)12-10-8-7-9-11-12;7-3(8)1-6(13,5(11)12)2-4(9)10/h2*7-11H,4-6H2,1-3H3;13H,1-2H2,(H,7,8)(H,9,10)(H,11,12)/q2*+1;. The Balaban J connectivity index is 0.000000555. The minimum absolute atomic E-state index is 1.10. The maximum absolute atomic E-state index is 10.3. The lowest BCUT2D eigenvalue weighted by molar-refractivity contribution is -0.170. The summed E-state index contributed by atoms with van der Waals surface area (Å²) in [5, 5.41) is 33.8. The molecule has 0 atom stereocenters. The zero-order valence-electron chi connectivity index (χ0n) is 24.3. The van der Waals surface area contributed by atoms with Gasteiger partial charge in [0.1, 0.15) is 11.4 Å². The molecule has 2 aromatic carbocycles. The summed E-state index contributed by atoms with van der Waals surface area (Å²) in [6.45, 7) is 20.6. The molecule has 0 bridgehead atoms. The van der Waals surface area contributed by atoms with Crippen molar-refractivity contribution < 1.29 is 34.8 Å². The summed E-state index contributed by atoms with van der Waals surface area (Å²) < 4.78 is 2.20. The predicted octanol–water partition coefficient (Wildman–Crippen LogP) is 4.86. The van der Waals surface area contributed by atoms with Gasteiger partial charge in [-0.05, 0) is 65.8 Å². The SMILES string of the molecule is CC[N+](CC)(CC)c1ccccc1.CC[N+](CC)(CC)c1ccccc1.O=C(O)CC(O)(CC(=O)O)C(=O)O. The largest absolute Gasteiger partial charge is 0.481 e. The minimum atomic E-state index is -2.74. The van der Waals surface area contributed by atoms with Crippen LogP contribution in [0.4, 0.5) is 11.4 Å². The van der Waals surface area contributed by atoms with Crippen LogP contribution in [-0.2, 0) is 14.4 Å².